The van der Waals surface area contributed by atoms with Crippen LogP contribution in [-0.4, -0.2) is 31.7 Å². The summed E-state index contributed by atoms with van der Waals surface area (Å²) < 4.78 is 4.86. The number of carbonyl (C=O) groups is 1. The van der Waals surface area contributed by atoms with Crippen LogP contribution in [0.1, 0.15) is 19.3 Å². The lowest BCUT2D eigenvalue weighted by molar-refractivity contribution is -0.145. The van der Waals surface area contributed by atoms with E-state index >= 15 is 0 Å². The molecule has 0 bridgehead atoms. The molecular weight excluding hydrogens is 170 g/mol. The molecule has 6 N–H and O–H groups in total. The van der Waals surface area contributed by atoms with Crippen molar-refractivity contribution in [3.63, 3.8) is 0 Å². The van der Waals surface area contributed by atoms with Gasteiger partial charge in [0.05, 0.1) is 6.61 Å². The van der Waals surface area contributed by atoms with Crippen LogP contribution in [0.2, 0.25) is 0 Å². The molecule has 0 aliphatic heterocycles. The summed E-state index contributed by atoms with van der Waals surface area (Å²) in [7, 11) is 0. The maximum Gasteiger partial charge on any atom is 0.322 e. The molecular formula is C8H19N3O2. The van der Waals surface area contributed by atoms with E-state index in [0.29, 0.717) is 32.5 Å². The second-order valence-corrected chi connectivity index (χ2v) is 2.85. The van der Waals surface area contributed by atoms with E-state index < -0.39 is 6.04 Å². The first-order valence-electron chi connectivity index (χ1n) is 4.54. The molecule has 13 heavy (non-hydrogen) atoms. The lowest BCUT2D eigenvalue weighted by atomic mass is 10.2. The zero-order chi connectivity index (χ0) is 10.1. The molecule has 0 aliphatic carbocycles. The molecule has 0 aromatic rings. The van der Waals surface area contributed by atoms with Gasteiger partial charge in [-0.25, -0.2) is 0 Å². The monoisotopic (exact) mass is 189 g/mol. The molecule has 0 aromatic carbocycles. The van der Waals surface area contributed by atoms with E-state index in [-0.39, 0.29) is 5.97 Å². The predicted octanol–water partition coefficient (Wildman–Crippen LogP) is -1.06. The number of nitrogens with two attached hydrogens (primary N) is 3. The molecule has 0 amide bonds. The molecule has 0 heterocycles. The van der Waals surface area contributed by atoms with Gasteiger partial charge in [0.25, 0.3) is 0 Å². The van der Waals surface area contributed by atoms with Gasteiger partial charge in [-0.2, -0.15) is 0 Å². The maximum absolute atomic E-state index is 11.1. The first kappa shape index (κ1) is 12.3. The molecule has 0 saturated heterocycles. The Bertz CT molecular complexity index is 141. The van der Waals surface area contributed by atoms with Crippen LogP contribution in [0.25, 0.3) is 0 Å². The Hall–Kier alpha value is -0.650. The SMILES string of the molecule is NCCCOC(=O)[C@H](N)CCCN. The van der Waals surface area contributed by atoms with Gasteiger partial charge in [-0.05, 0) is 32.4 Å². The smallest absolute Gasteiger partial charge is 0.322 e. The van der Waals surface area contributed by atoms with E-state index in [2.05, 4.69) is 0 Å². The summed E-state index contributed by atoms with van der Waals surface area (Å²) in [6, 6.07) is -0.540. The summed E-state index contributed by atoms with van der Waals surface area (Å²) in [5.74, 6) is -0.359. The van der Waals surface area contributed by atoms with Crippen molar-refractivity contribution in [1.29, 1.82) is 0 Å². The Morgan fingerprint density at radius 2 is 1.85 bits per heavy atom. The highest BCUT2D eigenvalue weighted by molar-refractivity contribution is 5.75. The number of carbonyl (C=O) groups excluding carboxylic acids is 1. The van der Waals surface area contributed by atoms with Gasteiger partial charge >= 0.3 is 5.97 Å². The first-order valence-corrected chi connectivity index (χ1v) is 4.54. The van der Waals surface area contributed by atoms with E-state index in [4.69, 9.17) is 21.9 Å². The van der Waals surface area contributed by atoms with E-state index in [0.717, 1.165) is 6.42 Å². The van der Waals surface area contributed by atoms with Crippen molar-refractivity contribution < 1.29 is 9.53 Å². The van der Waals surface area contributed by atoms with Crippen molar-refractivity contribution >= 4 is 5.97 Å². The Morgan fingerprint density at radius 3 is 2.38 bits per heavy atom. The quantitative estimate of drug-likeness (QED) is 0.350. The molecule has 0 fully saturated rings. The van der Waals surface area contributed by atoms with E-state index in [9.17, 15) is 4.79 Å². The maximum atomic E-state index is 11.1. The van der Waals surface area contributed by atoms with Gasteiger partial charge in [-0.1, -0.05) is 0 Å². The number of rotatable bonds is 7. The molecule has 0 radical (unpaired) electrons. The van der Waals surface area contributed by atoms with Crippen molar-refractivity contribution in [3.8, 4) is 0 Å². The van der Waals surface area contributed by atoms with Crippen molar-refractivity contribution in [2.24, 2.45) is 17.2 Å². The van der Waals surface area contributed by atoms with Gasteiger partial charge in [0, 0.05) is 0 Å². The minimum absolute atomic E-state index is 0.353. The third-order valence-electron chi connectivity index (χ3n) is 1.61. The fraction of sp³-hybridized carbons (Fsp3) is 0.875. The fourth-order valence-electron chi connectivity index (χ4n) is 0.819. The van der Waals surface area contributed by atoms with Crippen LogP contribution in [0.4, 0.5) is 0 Å². The second-order valence-electron chi connectivity index (χ2n) is 2.85. The highest BCUT2D eigenvalue weighted by atomic mass is 16.5. The molecule has 5 heteroatoms. The molecule has 0 saturated carbocycles. The molecule has 0 spiro atoms. The molecule has 0 rings (SSSR count). The van der Waals surface area contributed by atoms with Gasteiger partial charge < -0.3 is 21.9 Å². The lowest BCUT2D eigenvalue weighted by Crippen LogP contribution is -2.33. The Labute approximate surface area is 78.6 Å². The minimum atomic E-state index is -0.540. The number of esters is 1. The van der Waals surface area contributed by atoms with Gasteiger partial charge in [0.1, 0.15) is 6.04 Å². The molecule has 0 aliphatic rings. The van der Waals surface area contributed by atoms with Gasteiger partial charge in [-0.15, -0.1) is 0 Å². The summed E-state index contributed by atoms with van der Waals surface area (Å²) in [6.45, 7) is 1.42. The fourth-order valence-corrected chi connectivity index (χ4v) is 0.819. The molecule has 5 nitrogen and oxygen atoms in total. The van der Waals surface area contributed by atoms with Crippen LogP contribution < -0.4 is 17.2 Å². The molecule has 1 atom stereocenters. The van der Waals surface area contributed by atoms with Crippen LogP contribution in [0, 0.1) is 0 Å². The van der Waals surface area contributed by atoms with Crippen LogP contribution in [0.5, 0.6) is 0 Å². The van der Waals surface area contributed by atoms with Crippen molar-refractivity contribution in [2.75, 3.05) is 19.7 Å². The summed E-state index contributed by atoms with van der Waals surface area (Å²) in [6.07, 6.45) is 2.00. The van der Waals surface area contributed by atoms with Crippen LogP contribution >= 0.6 is 0 Å². The van der Waals surface area contributed by atoms with Gasteiger partial charge in [0.2, 0.25) is 0 Å². The van der Waals surface area contributed by atoms with E-state index in [1.165, 1.54) is 0 Å². The van der Waals surface area contributed by atoms with Gasteiger partial charge in [-0.3, -0.25) is 4.79 Å². The summed E-state index contributed by atoms with van der Waals surface area (Å²) in [4.78, 5) is 11.1. The topological polar surface area (TPSA) is 104 Å². The Morgan fingerprint density at radius 1 is 1.23 bits per heavy atom. The number of hydrogen-bond acceptors (Lipinski definition) is 5. The normalized spacial score (nSPS) is 12.5. The molecule has 0 unspecified atom stereocenters. The average Bonchev–Trinajstić information content (AvgIpc) is 2.14. The minimum Gasteiger partial charge on any atom is -0.464 e. The number of ether oxygens (including phenoxy) is 1. The second kappa shape index (κ2) is 7.97. The Kier molecular flexibility index (Phi) is 7.57. The molecule has 0 aromatic heterocycles. The third-order valence-corrected chi connectivity index (χ3v) is 1.61. The zero-order valence-corrected chi connectivity index (χ0v) is 7.87. The highest BCUT2D eigenvalue weighted by Crippen LogP contribution is 1.96. The van der Waals surface area contributed by atoms with Crippen LogP contribution in [0.3, 0.4) is 0 Å². The van der Waals surface area contributed by atoms with Crippen molar-refractivity contribution in [2.45, 2.75) is 25.3 Å². The van der Waals surface area contributed by atoms with E-state index in [1.807, 2.05) is 0 Å². The summed E-state index contributed by atoms with van der Waals surface area (Å²) >= 11 is 0. The van der Waals surface area contributed by atoms with Crippen molar-refractivity contribution in [1.82, 2.24) is 0 Å². The van der Waals surface area contributed by atoms with Crippen molar-refractivity contribution in [3.05, 3.63) is 0 Å². The van der Waals surface area contributed by atoms with Gasteiger partial charge in [0.15, 0.2) is 0 Å². The summed E-state index contributed by atoms with van der Waals surface area (Å²) in [5.41, 5.74) is 16.0. The lowest BCUT2D eigenvalue weighted by Gasteiger charge is -2.10. The Balaban J connectivity index is 3.45. The highest BCUT2D eigenvalue weighted by Gasteiger charge is 2.13. The standard InChI is InChI=1S/C8H19N3O2/c9-4-1-3-7(11)8(12)13-6-2-5-10/h7H,1-6,9-11H2/t7-/m1/s1. The zero-order valence-electron chi connectivity index (χ0n) is 7.87. The largest absolute Gasteiger partial charge is 0.464 e. The van der Waals surface area contributed by atoms with E-state index in [1.54, 1.807) is 0 Å². The van der Waals surface area contributed by atoms with Crippen LogP contribution in [0.15, 0.2) is 0 Å². The molecule has 78 valence electrons. The first-order chi connectivity index (χ1) is 6.22. The van der Waals surface area contributed by atoms with Crippen LogP contribution in [-0.2, 0) is 9.53 Å². The summed E-state index contributed by atoms with van der Waals surface area (Å²) in [5, 5.41) is 0. The predicted molar refractivity (Wildman–Crippen MR) is 50.9 cm³/mol. The average molecular weight is 189 g/mol. The third kappa shape index (κ3) is 6.51. The number of hydrogen-bond donors (Lipinski definition) is 3.